The molecule has 0 saturated heterocycles. The number of nitrogens with zero attached hydrogens (tertiary/aromatic N) is 3. The molecule has 2 heterocycles. The van der Waals surface area contributed by atoms with Gasteiger partial charge in [0.15, 0.2) is 5.65 Å². The van der Waals surface area contributed by atoms with Crippen LogP contribution in [-0.2, 0) is 7.05 Å². The molecule has 0 unspecified atom stereocenters. The molecule has 3 nitrogen and oxygen atoms in total. The molecule has 17 heavy (non-hydrogen) atoms. The Morgan fingerprint density at radius 2 is 1.94 bits per heavy atom. The van der Waals surface area contributed by atoms with Crippen molar-refractivity contribution in [3.8, 4) is 11.1 Å². The van der Waals surface area contributed by atoms with Crippen LogP contribution in [0.4, 0.5) is 0 Å². The third kappa shape index (κ3) is 1.69. The first-order chi connectivity index (χ1) is 8.24. The standard InChI is InChI=1S/C14H13N3/c1-10-4-3-5-11(6-10)12-7-13-14(15-8-12)17(2)9-16-13/h3-9H,1-2H3. The number of pyridine rings is 1. The Balaban J connectivity index is 2.18. The summed E-state index contributed by atoms with van der Waals surface area (Å²) >= 11 is 0. The van der Waals surface area contributed by atoms with Gasteiger partial charge in [0.1, 0.15) is 5.52 Å². The Hall–Kier alpha value is -2.16. The number of rotatable bonds is 1. The van der Waals surface area contributed by atoms with E-state index in [1.807, 2.05) is 17.8 Å². The number of fused-ring (bicyclic) bond motifs is 1. The molecule has 3 aromatic rings. The van der Waals surface area contributed by atoms with Gasteiger partial charge in [0.05, 0.1) is 6.33 Å². The van der Waals surface area contributed by atoms with Gasteiger partial charge >= 0.3 is 0 Å². The van der Waals surface area contributed by atoms with Crippen LogP contribution in [0.15, 0.2) is 42.9 Å². The number of aromatic nitrogens is 3. The molecule has 0 aliphatic carbocycles. The molecule has 1 aromatic carbocycles. The van der Waals surface area contributed by atoms with E-state index < -0.39 is 0 Å². The van der Waals surface area contributed by atoms with Crippen LogP contribution >= 0.6 is 0 Å². The largest absolute Gasteiger partial charge is 0.318 e. The van der Waals surface area contributed by atoms with Crippen LogP contribution in [0.25, 0.3) is 22.3 Å². The van der Waals surface area contributed by atoms with Gasteiger partial charge in [-0.2, -0.15) is 0 Å². The summed E-state index contributed by atoms with van der Waals surface area (Å²) < 4.78 is 1.93. The van der Waals surface area contributed by atoms with Crippen LogP contribution in [0.3, 0.4) is 0 Å². The lowest BCUT2D eigenvalue weighted by molar-refractivity contribution is 0.931. The van der Waals surface area contributed by atoms with E-state index in [0.717, 1.165) is 16.7 Å². The first-order valence-corrected chi connectivity index (χ1v) is 5.58. The van der Waals surface area contributed by atoms with E-state index in [0.29, 0.717) is 0 Å². The minimum atomic E-state index is 0.918. The summed E-state index contributed by atoms with van der Waals surface area (Å²) in [5.41, 5.74) is 5.40. The highest BCUT2D eigenvalue weighted by molar-refractivity contribution is 5.78. The minimum Gasteiger partial charge on any atom is -0.318 e. The third-order valence-electron chi connectivity index (χ3n) is 2.90. The van der Waals surface area contributed by atoms with Crippen molar-refractivity contribution < 1.29 is 0 Å². The van der Waals surface area contributed by atoms with E-state index in [1.54, 1.807) is 6.33 Å². The summed E-state index contributed by atoms with van der Waals surface area (Å²) in [7, 11) is 1.95. The van der Waals surface area contributed by atoms with Crippen LogP contribution in [0.1, 0.15) is 5.56 Å². The smallest absolute Gasteiger partial charge is 0.159 e. The molecule has 0 atom stereocenters. The fourth-order valence-electron chi connectivity index (χ4n) is 2.00. The van der Waals surface area contributed by atoms with Gasteiger partial charge in [-0.1, -0.05) is 29.8 Å². The molecule has 0 saturated carbocycles. The molecule has 0 aliphatic rings. The second-order valence-electron chi connectivity index (χ2n) is 4.29. The lowest BCUT2D eigenvalue weighted by Crippen LogP contribution is -1.88. The van der Waals surface area contributed by atoms with E-state index in [-0.39, 0.29) is 0 Å². The lowest BCUT2D eigenvalue weighted by Gasteiger charge is -2.02. The van der Waals surface area contributed by atoms with Crippen LogP contribution in [0.2, 0.25) is 0 Å². The van der Waals surface area contributed by atoms with Gasteiger partial charge in [0.25, 0.3) is 0 Å². The fourth-order valence-corrected chi connectivity index (χ4v) is 2.00. The number of aryl methyl sites for hydroxylation is 2. The van der Waals surface area contributed by atoms with Crippen molar-refractivity contribution in [2.75, 3.05) is 0 Å². The van der Waals surface area contributed by atoms with Crippen molar-refractivity contribution in [2.45, 2.75) is 6.92 Å². The molecule has 0 aliphatic heterocycles. The monoisotopic (exact) mass is 223 g/mol. The molecule has 2 aromatic heterocycles. The summed E-state index contributed by atoms with van der Waals surface area (Å²) in [4.78, 5) is 8.77. The van der Waals surface area contributed by atoms with Gasteiger partial charge in [0.2, 0.25) is 0 Å². The van der Waals surface area contributed by atoms with Gasteiger partial charge < -0.3 is 4.57 Å². The second-order valence-corrected chi connectivity index (χ2v) is 4.29. The molecule has 0 radical (unpaired) electrons. The van der Waals surface area contributed by atoms with Gasteiger partial charge in [-0.15, -0.1) is 0 Å². The van der Waals surface area contributed by atoms with Crippen molar-refractivity contribution in [1.29, 1.82) is 0 Å². The van der Waals surface area contributed by atoms with Crippen LogP contribution < -0.4 is 0 Å². The molecular weight excluding hydrogens is 210 g/mol. The molecule has 3 rings (SSSR count). The number of benzene rings is 1. The minimum absolute atomic E-state index is 0.918. The van der Waals surface area contributed by atoms with Crippen LogP contribution in [0.5, 0.6) is 0 Å². The highest BCUT2D eigenvalue weighted by atomic mass is 15.1. The van der Waals surface area contributed by atoms with Crippen molar-refractivity contribution in [3.05, 3.63) is 48.4 Å². The number of imidazole rings is 1. The van der Waals surface area contributed by atoms with Gasteiger partial charge in [-0.25, -0.2) is 9.97 Å². The Bertz CT molecular complexity index is 683. The summed E-state index contributed by atoms with van der Waals surface area (Å²) in [5, 5.41) is 0. The van der Waals surface area contributed by atoms with Crippen molar-refractivity contribution in [2.24, 2.45) is 7.05 Å². The predicted octanol–water partition coefficient (Wildman–Crippen LogP) is 2.94. The molecule has 0 amide bonds. The fraction of sp³-hybridized carbons (Fsp3) is 0.143. The third-order valence-corrected chi connectivity index (χ3v) is 2.90. The van der Waals surface area contributed by atoms with Crippen molar-refractivity contribution >= 4 is 11.2 Å². The predicted molar refractivity (Wildman–Crippen MR) is 68.7 cm³/mol. The zero-order chi connectivity index (χ0) is 11.8. The molecule has 0 N–H and O–H groups in total. The Kier molecular flexibility index (Phi) is 2.18. The summed E-state index contributed by atoms with van der Waals surface area (Å²) in [6, 6.07) is 10.5. The zero-order valence-corrected chi connectivity index (χ0v) is 9.88. The number of hydrogen-bond donors (Lipinski definition) is 0. The molecular formula is C14H13N3. The quantitative estimate of drug-likeness (QED) is 0.635. The average Bonchev–Trinajstić information content (AvgIpc) is 2.71. The summed E-state index contributed by atoms with van der Waals surface area (Å²) in [6.45, 7) is 2.09. The normalized spacial score (nSPS) is 10.9. The molecule has 3 heteroatoms. The summed E-state index contributed by atoms with van der Waals surface area (Å²) in [5.74, 6) is 0. The second kappa shape index (κ2) is 3.70. The van der Waals surface area contributed by atoms with Crippen molar-refractivity contribution in [3.63, 3.8) is 0 Å². The topological polar surface area (TPSA) is 30.7 Å². The maximum absolute atomic E-state index is 4.45. The van der Waals surface area contributed by atoms with E-state index in [4.69, 9.17) is 0 Å². The molecule has 0 bridgehead atoms. The SMILES string of the molecule is Cc1cccc(-c2cnc3c(c2)ncn3C)c1. The maximum atomic E-state index is 4.45. The van der Waals surface area contributed by atoms with Crippen molar-refractivity contribution in [1.82, 2.24) is 14.5 Å². The van der Waals surface area contributed by atoms with Crippen LogP contribution in [-0.4, -0.2) is 14.5 Å². The molecule has 0 fully saturated rings. The van der Waals surface area contributed by atoms with E-state index >= 15 is 0 Å². The van der Waals surface area contributed by atoms with Gasteiger partial charge in [0, 0.05) is 18.8 Å². The highest BCUT2D eigenvalue weighted by Gasteiger charge is 2.04. The average molecular weight is 223 g/mol. The summed E-state index contributed by atoms with van der Waals surface area (Å²) in [6.07, 6.45) is 3.69. The Morgan fingerprint density at radius 1 is 1.06 bits per heavy atom. The van der Waals surface area contributed by atoms with E-state index in [1.165, 1.54) is 11.1 Å². The lowest BCUT2D eigenvalue weighted by atomic mass is 10.1. The first-order valence-electron chi connectivity index (χ1n) is 5.58. The van der Waals surface area contributed by atoms with Gasteiger partial charge in [-0.3, -0.25) is 0 Å². The zero-order valence-electron chi connectivity index (χ0n) is 9.88. The van der Waals surface area contributed by atoms with E-state index in [2.05, 4.69) is 47.2 Å². The van der Waals surface area contributed by atoms with Gasteiger partial charge in [-0.05, 0) is 18.6 Å². The van der Waals surface area contributed by atoms with E-state index in [9.17, 15) is 0 Å². The molecule has 0 spiro atoms. The Labute approximate surface area is 99.8 Å². The maximum Gasteiger partial charge on any atom is 0.159 e. The van der Waals surface area contributed by atoms with Crippen LogP contribution in [0, 0.1) is 6.92 Å². The Morgan fingerprint density at radius 3 is 2.76 bits per heavy atom. The molecule has 84 valence electrons. The number of hydrogen-bond acceptors (Lipinski definition) is 2. The highest BCUT2D eigenvalue weighted by Crippen LogP contribution is 2.22. The first kappa shape index (κ1) is 10.0.